The Balaban J connectivity index is 1.49. The topological polar surface area (TPSA) is 125 Å². The molecule has 2 heterocycles. The summed E-state index contributed by atoms with van der Waals surface area (Å²) in [4.78, 5) is 41.8. The van der Waals surface area contributed by atoms with E-state index >= 15 is 0 Å². The van der Waals surface area contributed by atoms with E-state index in [0.29, 0.717) is 5.69 Å². The van der Waals surface area contributed by atoms with Gasteiger partial charge < -0.3 is 9.84 Å². The van der Waals surface area contributed by atoms with Gasteiger partial charge in [0, 0.05) is 25.9 Å². The fourth-order valence-electron chi connectivity index (χ4n) is 3.96. The van der Waals surface area contributed by atoms with Gasteiger partial charge in [0.1, 0.15) is 0 Å². The van der Waals surface area contributed by atoms with Crippen LogP contribution in [0.15, 0.2) is 38.4 Å². The van der Waals surface area contributed by atoms with Gasteiger partial charge in [-0.05, 0) is 31.9 Å². The standard InChI is InChI=1S/C23H28N6O4/c1-15-9-11-17(12-10-15)29-23(32)28(2)22(31)20(26-29)21-25-19(33-27-21)14-13-18(30)24-16-7-5-3-4-6-8-16/h9-12,16H,3-8,13-14H2,1-2H3,(H,24,30). The predicted molar refractivity (Wildman–Crippen MR) is 121 cm³/mol. The fourth-order valence-corrected chi connectivity index (χ4v) is 3.96. The molecular formula is C23H28N6O4. The van der Waals surface area contributed by atoms with Crippen LogP contribution in [-0.2, 0) is 18.3 Å². The van der Waals surface area contributed by atoms with Gasteiger partial charge >= 0.3 is 5.69 Å². The number of hydrogen-bond donors (Lipinski definition) is 1. The van der Waals surface area contributed by atoms with Crippen LogP contribution < -0.4 is 16.6 Å². The Morgan fingerprint density at radius 2 is 1.82 bits per heavy atom. The van der Waals surface area contributed by atoms with Crippen LogP contribution in [0.25, 0.3) is 17.2 Å². The molecule has 0 bridgehead atoms. The first kappa shape index (κ1) is 22.6. The highest BCUT2D eigenvalue weighted by molar-refractivity contribution is 5.76. The third-order valence-electron chi connectivity index (χ3n) is 5.92. The van der Waals surface area contributed by atoms with Crippen molar-refractivity contribution in [1.82, 2.24) is 29.8 Å². The van der Waals surface area contributed by atoms with Crippen molar-refractivity contribution >= 4 is 5.91 Å². The van der Waals surface area contributed by atoms with Crippen molar-refractivity contribution in [2.24, 2.45) is 7.05 Å². The van der Waals surface area contributed by atoms with Crippen molar-refractivity contribution in [3.05, 3.63) is 56.6 Å². The maximum absolute atomic E-state index is 12.7. The lowest BCUT2D eigenvalue weighted by molar-refractivity contribution is -0.121. The molecule has 10 heteroatoms. The van der Waals surface area contributed by atoms with Crippen molar-refractivity contribution < 1.29 is 9.32 Å². The second kappa shape index (κ2) is 9.93. The van der Waals surface area contributed by atoms with Gasteiger partial charge in [-0.25, -0.2) is 4.79 Å². The molecule has 1 fully saturated rings. The molecule has 174 valence electrons. The van der Waals surface area contributed by atoms with E-state index in [-0.39, 0.29) is 42.2 Å². The van der Waals surface area contributed by atoms with Gasteiger partial charge in [-0.2, -0.15) is 14.8 Å². The van der Waals surface area contributed by atoms with Crippen LogP contribution in [0.5, 0.6) is 0 Å². The number of aryl methyl sites for hydroxylation is 2. The maximum Gasteiger partial charge on any atom is 0.351 e. The van der Waals surface area contributed by atoms with Gasteiger partial charge in [0.2, 0.25) is 17.6 Å². The van der Waals surface area contributed by atoms with E-state index < -0.39 is 11.2 Å². The van der Waals surface area contributed by atoms with Crippen LogP contribution in [0.2, 0.25) is 0 Å². The monoisotopic (exact) mass is 452 g/mol. The minimum absolute atomic E-state index is 0.0179. The number of nitrogens with zero attached hydrogens (tertiary/aromatic N) is 5. The molecule has 1 N–H and O–H groups in total. The number of hydrogen-bond acceptors (Lipinski definition) is 7. The lowest BCUT2D eigenvalue weighted by atomic mass is 10.1. The average Bonchev–Trinajstić information content (AvgIpc) is 3.13. The van der Waals surface area contributed by atoms with E-state index in [1.54, 1.807) is 12.1 Å². The Labute approximate surface area is 190 Å². The lowest BCUT2D eigenvalue weighted by Gasteiger charge is -2.15. The van der Waals surface area contributed by atoms with E-state index in [9.17, 15) is 14.4 Å². The molecule has 33 heavy (non-hydrogen) atoms. The molecule has 1 saturated carbocycles. The zero-order chi connectivity index (χ0) is 23.4. The molecule has 1 aromatic carbocycles. The smallest absolute Gasteiger partial charge is 0.351 e. The van der Waals surface area contributed by atoms with E-state index in [1.807, 2.05) is 19.1 Å². The van der Waals surface area contributed by atoms with Crippen molar-refractivity contribution in [3.63, 3.8) is 0 Å². The molecule has 10 nitrogen and oxygen atoms in total. The van der Waals surface area contributed by atoms with Crippen LogP contribution in [0.1, 0.15) is 56.4 Å². The molecule has 0 spiro atoms. The SMILES string of the molecule is Cc1ccc(-n2nc(-c3noc(CCC(=O)NC4CCCCCC4)n3)c(=O)n(C)c2=O)cc1. The van der Waals surface area contributed by atoms with Crippen molar-refractivity contribution in [2.45, 2.75) is 64.3 Å². The first-order valence-corrected chi connectivity index (χ1v) is 11.3. The summed E-state index contributed by atoms with van der Waals surface area (Å²) in [5.74, 6) is 0.164. The van der Waals surface area contributed by atoms with Crippen LogP contribution in [-0.4, -0.2) is 36.4 Å². The van der Waals surface area contributed by atoms with Crippen LogP contribution in [0.4, 0.5) is 0 Å². The largest absolute Gasteiger partial charge is 0.353 e. The highest BCUT2D eigenvalue weighted by Gasteiger charge is 2.20. The average molecular weight is 453 g/mol. The highest BCUT2D eigenvalue weighted by atomic mass is 16.5. The Kier molecular flexibility index (Phi) is 6.81. The quantitative estimate of drug-likeness (QED) is 0.568. The van der Waals surface area contributed by atoms with E-state index in [2.05, 4.69) is 20.6 Å². The normalized spacial score (nSPS) is 14.7. The lowest BCUT2D eigenvalue weighted by Crippen LogP contribution is -2.40. The summed E-state index contributed by atoms with van der Waals surface area (Å²) >= 11 is 0. The van der Waals surface area contributed by atoms with Crippen LogP contribution >= 0.6 is 0 Å². The fraction of sp³-hybridized carbons (Fsp3) is 0.478. The zero-order valence-electron chi connectivity index (χ0n) is 18.9. The number of nitrogens with one attached hydrogen (secondary N) is 1. The van der Waals surface area contributed by atoms with Gasteiger partial charge in [0.15, 0.2) is 5.69 Å². The van der Waals surface area contributed by atoms with Crippen LogP contribution in [0, 0.1) is 6.92 Å². The summed E-state index contributed by atoms with van der Waals surface area (Å²) in [6, 6.07) is 7.41. The number of carbonyl (C=O) groups excluding carboxylic acids is 1. The molecule has 1 aliphatic rings. The van der Waals surface area contributed by atoms with E-state index in [4.69, 9.17) is 4.52 Å². The number of benzene rings is 1. The summed E-state index contributed by atoms with van der Waals surface area (Å²) in [7, 11) is 1.37. The predicted octanol–water partition coefficient (Wildman–Crippen LogP) is 2.06. The molecule has 2 aromatic heterocycles. The minimum Gasteiger partial charge on any atom is -0.353 e. The van der Waals surface area contributed by atoms with E-state index in [1.165, 1.54) is 19.9 Å². The van der Waals surface area contributed by atoms with Gasteiger partial charge in [0.05, 0.1) is 5.69 Å². The third-order valence-corrected chi connectivity index (χ3v) is 5.92. The Morgan fingerprint density at radius 3 is 2.52 bits per heavy atom. The van der Waals surface area contributed by atoms with Gasteiger partial charge in [0.25, 0.3) is 5.56 Å². The summed E-state index contributed by atoms with van der Waals surface area (Å²) < 4.78 is 7.34. The number of carbonyl (C=O) groups is 1. The van der Waals surface area contributed by atoms with Crippen molar-refractivity contribution in [3.8, 4) is 17.2 Å². The minimum atomic E-state index is -0.623. The van der Waals surface area contributed by atoms with Gasteiger partial charge in [-0.3, -0.25) is 14.2 Å². The third kappa shape index (κ3) is 5.27. The Bertz CT molecular complexity index is 1230. The molecular weight excluding hydrogens is 424 g/mol. The maximum atomic E-state index is 12.7. The molecule has 1 amide bonds. The Hall–Kier alpha value is -3.56. The molecule has 0 unspecified atom stereocenters. The first-order chi connectivity index (χ1) is 15.9. The molecule has 3 aromatic rings. The second-order valence-corrected chi connectivity index (χ2v) is 8.51. The molecule has 0 atom stereocenters. The highest BCUT2D eigenvalue weighted by Crippen LogP contribution is 2.17. The van der Waals surface area contributed by atoms with Crippen molar-refractivity contribution in [2.75, 3.05) is 0 Å². The summed E-state index contributed by atoms with van der Waals surface area (Å²) in [6.07, 6.45) is 7.24. The molecule has 0 saturated heterocycles. The zero-order valence-corrected chi connectivity index (χ0v) is 18.9. The summed E-state index contributed by atoms with van der Waals surface area (Å²) in [5.41, 5.74) is 0.244. The number of rotatable bonds is 6. The molecule has 1 aliphatic carbocycles. The number of aromatic nitrogens is 5. The Morgan fingerprint density at radius 1 is 1.12 bits per heavy atom. The van der Waals surface area contributed by atoms with E-state index in [0.717, 1.165) is 40.5 Å². The number of amides is 1. The molecule has 0 aliphatic heterocycles. The van der Waals surface area contributed by atoms with Gasteiger partial charge in [-0.15, -0.1) is 0 Å². The first-order valence-electron chi connectivity index (χ1n) is 11.3. The molecule has 0 radical (unpaired) electrons. The van der Waals surface area contributed by atoms with Crippen LogP contribution in [0.3, 0.4) is 0 Å². The molecule has 4 rings (SSSR count). The van der Waals surface area contributed by atoms with Crippen molar-refractivity contribution in [1.29, 1.82) is 0 Å². The second-order valence-electron chi connectivity index (χ2n) is 8.51. The van der Waals surface area contributed by atoms with Gasteiger partial charge in [-0.1, -0.05) is 48.5 Å². The summed E-state index contributed by atoms with van der Waals surface area (Å²) in [5, 5.41) is 11.2. The summed E-state index contributed by atoms with van der Waals surface area (Å²) in [6.45, 7) is 1.93.